The highest BCUT2D eigenvalue weighted by Crippen LogP contribution is 2.26. The highest BCUT2D eigenvalue weighted by atomic mass is 16.4. The summed E-state index contributed by atoms with van der Waals surface area (Å²) >= 11 is 0. The van der Waals surface area contributed by atoms with Crippen molar-refractivity contribution < 1.29 is 5.21 Å². The molecule has 0 aromatic carbocycles. The molecule has 0 spiro atoms. The van der Waals surface area contributed by atoms with Crippen molar-refractivity contribution in [1.82, 2.24) is 20.3 Å². The van der Waals surface area contributed by atoms with E-state index in [1.54, 1.807) is 6.33 Å². The van der Waals surface area contributed by atoms with Crippen molar-refractivity contribution in [3.05, 3.63) is 18.1 Å². The van der Waals surface area contributed by atoms with Crippen LogP contribution in [0.4, 0.5) is 5.69 Å². The standard InChI is InChI=1S/C15H22N6O/c16-11-8-18-15-13(19-9-20-15)12(11)14(21-22)17-7-6-10-4-2-1-3-5-10/h8-10,22H,1-7,16H2,(H,17,21)(H,18,19,20). The minimum atomic E-state index is 0.366. The van der Waals surface area contributed by atoms with Gasteiger partial charge in [-0.25, -0.2) is 9.97 Å². The van der Waals surface area contributed by atoms with Gasteiger partial charge in [0.05, 0.1) is 29.3 Å². The highest BCUT2D eigenvalue weighted by Gasteiger charge is 2.17. The average molecular weight is 302 g/mol. The molecule has 0 radical (unpaired) electrons. The van der Waals surface area contributed by atoms with E-state index in [2.05, 4.69) is 25.4 Å². The van der Waals surface area contributed by atoms with Gasteiger partial charge < -0.3 is 21.2 Å². The molecule has 0 atom stereocenters. The van der Waals surface area contributed by atoms with Crippen LogP contribution in [-0.4, -0.2) is 32.5 Å². The number of oxime groups is 1. The van der Waals surface area contributed by atoms with Crippen molar-refractivity contribution in [2.24, 2.45) is 11.1 Å². The van der Waals surface area contributed by atoms with Crippen LogP contribution in [0.25, 0.3) is 11.2 Å². The molecule has 2 heterocycles. The Morgan fingerprint density at radius 3 is 2.95 bits per heavy atom. The molecule has 0 amide bonds. The van der Waals surface area contributed by atoms with Crippen molar-refractivity contribution >= 4 is 22.7 Å². The lowest BCUT2D eigenvalue weighted by Crippen LogP contribution is -2.28. The Morgan fingerprint density at radius 1 is 1.36 bits per heavy atom. The molecule has 1 aliphatic rings. The van der Waals surface area contributed by atoms with Crippen LogP contribution in [-0.2, 0) is 0 Å². The van der Waals surface area contributed by atoms with E-state index in [4.69, 9.17) is 5.73 Å². The molecule has 2 aromatic heterocycles. The normalized spacial score (nSPS) is 17.0. The molecule has 1 fully saturated rings. The lowest BCUT2D eigenvalue weighted by atomic mass is 9.87. The Labute approximate surface area is 129 Å². The topological polar surface area (TPSA) is 112 Å². The van der Waals surface area contributed by atoms with Gasteiger partial charge in [0.25, 0.3) is 0 Å². The van der Waals surface area contributed by atoms with Gasteiger partial charge in [0.15, 0.2) is 11.5 Å². The molecule has 22 heavy (non-hydrogen) atoms. The van der Waals surface area contributed by atoms with Gasteiger partial charge in [-0.1, -0.05) is 37.3 Å². The number of pyridine rings is 1. The summed E-state index contributed by atoms with van der Waals surface area (Å²) in [6, 6.07) is 0. The molecule has 7 heteroatoms. The Kier molecular flexibility index (Phi) is 4.41. The van der Waals surface area contributed by atoms with Crippen LogP contribution < -0.4 is 11.1 Å². The minimum Gasteiger partial charge on any atom is -0.409 e. The third-order valence-electron chi connectivity index (χ3n) is 4.39. The first-order valence-corrected chi connectivity index (χ1v) is 7.83. The zero-order valence-electron chi connectivity index (χ0n) is 12.5. The molecule has 1 saturated carbocycles. The summed E-state index contributed by atoms with van der Waals surface area (Å²) in [6.07, 6.45) is 10.8. The van der Waals surface area contributed by atoms with E-state index in [0.29, 0.717) is 28.3 Å². The summed E-state index contributed by atoms with van der Waals surface area (Å²) in [5.41, 5.74) is 8.30. The predicted molar refractivity (Wildman–Crippen MR) is 85.8 cm³/mol. The van der Waals surface area contributed by atoms with Crippen molar-refractivity contribution in [1.29, 1.82) is 0 Å². The van der Waals surface area contributed by atoms with Crippen LogP contribution in [0.5, 0.6) is 0 Å². The second kappa shape index (κ2) is 6.64. The Hall–Kier alpha value is -2.31. The number of imidazole rings is 1. The maximum atomic E-state index is 9.35. The summed E-state index contributed by atoms with van der Waals surface area (Å²) in [4.78, 5) is 11.2. The third kappa shape index (κ3) is 2.98. The Balaban J connectivity index is 1.70. The Bertz CT molecular complexity index is 659. The largest absolute Gasteiger partial charge is 0.409 e. The molecule has 7 nitrogen and oxygen atoms in total. The number of fused-ring (bicyclic) bond motifs is 1. The number of rotatable bonds is 4. The van der Waals surface area contributed by atoms with Gasteiger partial charge in [0, 0.05) is 6.54 Å². The van der Waals surface area contributed by atoms with Crippen molar-refractivity contribution in [2.45, 2.75) is 38.5 Å². The number of hydrogen-bond donors (Lipinski definition) is 4. The second-order valence-corrected chi connectivity index (χ2v) is 5.86. The molecule has 0 aliphatic heterocycles. The maximum absolute atomic E-state index is 9.35. The van der Waals surface area contributed by atoms with Gasteiger partial charge in [-0.3, -0.25) is 0 Å². The summed E-state index contributed by atoms with van der Waals surface area (Å²) in [6.45, 7) is 0.765. The van der Waals surface area contributed by atoms with E-state index in [1.807, 2.05) is 0 Å². The quantitative estimate of drug-likeness (QED) is 0.299. The predicted octanol–water partition coefficient (Wildman–Crippen LogP) is 2.24. The van der Waals surface area contributed by atoms with Gasteiger partial charge >= 0.3 is 0 Å². The molecule has 3 rings (SSSR count). The van der Waals surface area contributed by atoms with Gasteiger partial charge in [-0.15, -0.1) is 0 Å². The van der Waals surface area contributed by atoms with Crippen molar-refractivity contribution in [3.8, 4) is 0 Å². The molecule has 0 unspecified atom stereocenters. The van der Waals surface area contributed by atoms with Crippen LogP contribution in [0.2, 0.25) is 0 Å². The van der Waals surface area contributed by atoms with Crippen LogP contribution in [0, 0.1) is 5.92 Å². The fourth-order valence-corrected chi connectivity index (χ4v) is 3.21. The number of hydrogen-bond acceptors (Lipinski definition) is 5. The molecule has 2 aromatic rings. The first-order valence-electron chi connectivity index (χ1n) is 7.83. The molecule has 5 N–H and O–H groups in total. The smallest absolute Gasteiger partial charge is 0.178 e. The number of aromatic nitrogens is 3. The van der Waals surface area contributed by atoms with Crippen LogP contribution in [0.15, 0.2) is 17.7 Å². The SMILES string of the molecule is Nc1cnc2nc[nH]c2c1C(=NO)NCCC1CCCCC1. The highest BCUT2D eigenvalue weighted by molar-refractivity contribution is 6.11. The monoisotopic (exact) mass is 302 g/mol. The number of nitrogens with zero attached hydrogens (tertiary/aromatic N) is 3. The van der Waals surface area contributed by atoms with Gasteiger partial charge in [-0.2, -0.15) is 0 Å². The fraction of sp³-hybridized carbons (Fsp3) is 0.533. The zero-order chi connectivity index (χ0) is 15.4. The number of H-pyrrole nitrogens is 1. The van der Waals surface area contributed by atoms with E-state index in [9.17, 15) is 5.21 Å². The summed E-state index contributed by atoms with van der Waals surface area (Å²) in [5.74, 6) is 1.13. The molecular formula is C15H22N6O. The van der Waals surface area contributed by atoms with Crippen molar-refractivity contribution in [3.63, 3.8) is 0 Å². The van der Waals surface area contributed by atoms with Gasteiger partial charge in [-0.05, 0) is 12.3 Å². The molecule has 0 bridgehead atoms. The van der Waals surface area contributed by atoms with E-state index in [1.165, 1.54) is 38.3 Å². The first kappa shape index (κ1) is 14.6. The fourth-order valence-electron chi connectivity index (χ4n) is 3.21. The van der Waals surface area contributed by atoms with Gasteiger partial charge in [0.2, 0.25) is 0 Å². The average Bonchev–Trinajstić information content (AvgIpc) is 3.02. The van der Waals surface area contributed by atoms with E-state index in [-0.39, 0.29) is 0 Å². The molecule has 1 aliphatic carbocycles. The number of anilines is 1. The molecule has 0 saturated heterocycles. The Morgan fingerprint density at radius 2 is 2.18 bits per heavy atom. The second-order valence-electron chi connectivity index (χ2n) is 5.86. The maximum Gasteiger partial charge on any atom is 0.178 e. The van der Waals surface area contributed by atoms with E-state index in [0.717, 1.165) is 18.9 Å². The van der Waals surface area contributed by atoms with Crippen LogP contribution >= 0.6 is 0 Å². The first-order chi connectivity index (χ1) is 10.8. The molecule has 118 valence electrons. The zero-order valence-corrected chi connectivity index (χ0v) is 12.5. The van der Waals surface area contributed by atoms with Crippen LogP contribution in [0.3, 0.4) is 0 Å². The lowest BCUT2D eigenvalue weighted by molar-refractivity contribution is 0.314. The number of nitrogen functional groups attached to an aromatic ring is 1. The number of nitrogens with two attached hydrogens (primary N) is 1. The molecular weight excluding hydrogens is 280 g/mol. The third-order valence-corrected chi connectivity index (χ3v) is 4.39. The van der Waals surface area contributed by atoms with E-state index < -0.39 is 0 Å². The number of aromatic amines is 1. The van der Waals surface area contributed by atoms with E-state index >= 15 is 0 Å². The lowest BCUT2D eigenvalue weighted by Gasteiger charge is -2.21. The number of amidine groups is 1. The minimum absolute atomic E-state index is 0.366. The van der Waals surface area contributed by atoms with Crippen molar-refractivity contribution in [2.75, 3.05) is 12.3 Å². The van der Waals surface area contributed by atoms with Gasteiger partial charge in [0.1, 0.15) is 0 Å². The van der Waals surface area contributed by atoms with Crippen LogP contribution in [0.1, 0.15) is 44.1 Å². The summed E-state index contributed by atoms with van der Waals surface area (Å²) in [5, 5.41) is 15.9. The summed E-state index contributed by atoms with van der Waals surface area (Å²) in [7, 11) is 0. The number of nitrogens with one attached hydrogen (secondary N) is 2. The summed E-state index contributed by atoms with van der Waals surface area (Å²) < 4.78 is 0.